The Hall–Kier alpha value is -1.43. The van der Waals surface area contributed by atoms with Gasteiger partial charge in [-0.2, -0.15) is 5.10 Å². The molecule has 0 spiro atoms. The Balaban J connectivity index is 2.21. The number of benzene rings is 1. The number of hydrazine groups is 1. The molecule has 1 atom stereocenters. The summed E-state index contributed by atoms with van der Waals surface area (Å²) in [5.41, 5.74) is 4.94. The molecule has 2 rings (SSSR count). The smallest absolute Gasteiger partial charge is 0.138 e. The van der Waals surface area contributed by atoms with E-state index in [1.54, 1.807) is 6.33 Å². The Morgan fingerprint density at radius 2 is 2.14 bits per heavy atom. The van der Waals surface area contributed by atoms with Gasteiger partial charge < -0.3 is 0 Å². The summed E-state index contributed by atoms with van der Waals surface area (Å²) < 4.78 is 1.93. The molecule has 1 unspecified atom stereocenters. The van der Waals surface area contributed by atoms with Crippen molar-refractivity contribution in [3.05, 3.63) is 46.5 Å². The van der Waals surface area contributed by atoms with Crippen LogP contribution in [0.2, 0.25) is 5.02 Å². The number of nitrogens with zero attached hydrogens (tertiary/aromatic N) is 3. The molecule has 1 aromatic heterocycles. The second kappa shape index (κ2) is 7.02. The quantitative estimate of drug-likeness (QED) is 0.636. The minimum Gasteiger partial charge on any atom is -0.271 e. The number of rotatable bonds is 6. The fourth-order valence-electron chi connectivity index (χ4n) is 2.30. The second-order valence-electron chi connectivity index (χ2n) is 5.70. The van der Waals surface area contributed by atoms with Crippen LogP contribution >= 0.6 is 11.6 Å². The molecule has 1 heterocycles. The van der Waals surface area contributed by atoms with Crippen LogP contribution < -0.4 is 11.3 Å². The van der Waals surface area contributed by atoms with Crippen LogP contribution in [0.4, 0.5) is 0 Å². The van der Waals surface area contributed by atoms with Crippen LogP contribution in [0.1, 0.15) is 36.8 Å². The van der Waals surface area contributed by atoms with Crippen molar-refractivity contribution in [3.63, 3.8) is 0 Å². The second-order valence-corrected chi connectivity index (χ2v) is 6.11. The van der Waals surface area contributed by atoms with Gasteiger partial charge in [0, 0.05) is 18.0 Å². The maximum absolute atomic E-state index is 6.33. The number of hydrogen-bond donors (Lipinski definition) is 2. The van der Waals surface area contributed by atoms with E-state index in [1.165, 1.54) is 0 Å². The molecule has 0 amide bonds. The van der Waals surface area contributed by atoms with E-state index in [4.69, 9.17) is 17.4 Å². The first-order valence-corrected chi connectivity index (χ1v) is 7.48. The molecular weight excluding hydrogens is 286 g/mol. The van der Waals surface area contributed by atoms with Gasteiger partial charge >= 0.3 is 0 Å². The van der Waals surface area contributed by atoms with Gasteiger partial charge in [-0.1, -0.05) is 37.6 Å². The molecule has 0 bridgehead atoms. The lowest BCUT2D eigenvalue weighted by molar-refractivity contribution is 0.446. The van der Waals surface area contributed by atoms with Crippen LogP contribution in [0.5, 0.6) is 0 Å². The Bertz CT molecular complexity index is 593. The predicted molar refractivity (Wildman–Crippen MR) is 84.8 cm³/mol. The van der Waals surface area contributed by atoms with Crippen molar-refractivity contribution in [2.24, 2.45) is 11.8 Å². The van der Waals surface area contributed by atoms with E-state index in [1.807, 2.05) is 29.8 Å². The molecule has 3 N–H and O–H groups in total. The summed E-state index contributed by atoms with van der Waals surface area (Å²) in [6, 6.07) is 5.89. The monoisotopic (exact) mass is 307 g/mol. The van der Waals surface area contributed by atoms with E-state index in [-0.39, 0.29) is 6.04 Å². The van der Waals surface area contributed by atoms with Gasteiger partial charge in [0.05, 0.1) is 6.04 Å². The first-order chi connectivity index (χ1) is 10.0. The van der Waals surface area contributed by atoms with Gasteiger partial charge in [0.15, 0.2) is 0 Å². The number of nitrogens with two attached hydrogens (primary N) is 1. The third kappa shape index (κ3) is 4.03. The molecule has 0 fully saturated rings. The lowest BCUT2D eigenvalue weighted by Gasteiger charge is -2.18. The van der Waals surface area contributed by atoms with E-state index in [9.17, 15) is 0 Å². The predicted octanol–water partition coefficient (Wildman–Crippen LogP) is 2.64. The minimum atomic E-state index is -0.0896. The fourth-order valence-corrected chi connectivity index (χ4v) is 2.67. The minimum absolute atomic E-state index is 0.0896. The fraction of sp³-hybridized carbons (Fsp3) is 0.467. The van der Waals surface area contributed by atoms with Crippen LogP contribution in [0.3, 0.4) is 0 Å². The summed E-state index contributed by atoms with van der Waals surface area (Å²) >= 11 is 6.33. The van der Waals surface area contributed by atoms with E-state index in [0.29, 0.717) is 17.4 Å². The highest BCUT2D eigenvalue weighted by Gasteiger charge is 2.17. The topological polar surface area (TPSA) is 68.8 Å². The zero-order valence-electron chi connectivity index (χ0n) is 12.7. The number of aryl methyl sites for hydroxylation is 1. The number of hydrogen-bond acceptors (Lipinski definition) is 4. The summed E-state index contributed by atoms with van der Waals surface area (Å²) in [4.78, 5) is 4.34. The van der Waals surface area contributed by atoms with Crippen molar-refractivity contribution in [3.8, 4) is 0 Å². The van der Waals surface area contributed by atoms with Gasteiger partial charge in [-0.3, -0.25) is 11.3 Å². The molecule has 114 valence electrons. The number of nitrogens with one attached hydrogen (secondary N) is 1. The van der Waals surface area contributed by atoms with Gasteiger partial charge in [0.25, 0.3) is 0 Å². The summed E-state index contributed by atoms with van der Waals surface area (Å²) in [5.74, 6) is 7.13. The Labute approximate surface area is 130 Å². The molecule has 0 aliphatic carbocycles. The molecular formula is C15H22ClN5. The summed E-state index contributed by atoms with van der Waals surface area (Å²) in [6.07, 6.45) is 2.23. The third-order valence-corrected chi connectivity index (χ3v) is 3.68. The SMILES string of the molecule is Cc1ccc(C(Cc2ncnn2CC(C)C)NN)c(Cl)c1. The van der Waals surface area contributed by atoms with Crippen LogP contribution in [0.15, 0.2) is 24.5 Å². The Morgan fingerprint density at radius 1 is 1.38 bits per heavy atom. The first kappa shape index (κ1) is 15.9. The van der Waals surface area contributed by atoms with Crippen molar-refractivity contribution < 1.29 is 0 Å². The van der Waals surface area contributed by atoms with Gasteiger partial charge in [-0.25, -0.2) is 9.67 Å². The summed E-state index contributed by atoms with van der Waals surface area (Å²) in [6.45, 7) is 7.16. The lowest BCUT2D eigenvalue weighted by atomic mass is 10.0. The highest BCUT2D eigenvalue weighted by molar-refractivity contribution is 6.31. The van der Waals surface area contributed by atoms with Crippen LogP contribution in [-0.2, 0) is 13.0 Å². The lowest BCUT2D eigenvalue weighted by Crippen LogP contribution is -2.31. The van der Waals surface area contributed by atoms with Crippen molar-refractivity contribution >= 4 is 11.6 Å². The van der Waals surface area contributed by atoms with Crippen LogP contribution in [0, 0.1) is 12.8 Å². The molecule has 6 heteroatoms. The van der Waals surface area contributed by atoms with Crippen molar-refractivity contribution in [2.45, 2.75) is 39.8 Å². The zero-order valence-corrected chi connectivity index (χ0v) is 13.4. The van der Waals surface area contributed by atoms with Crippen LogP contribution in [-0.4, -0.2) is 14.8 Å². The van der Waals surface area contributed by atoms with Crippen molar-refractivity contribution in [1.29, 1.82) is 0 Å². The Kier molecular flexibility index (Phi) is 5.33. The van der Waals surface area contributed by atoms with Crippen molar-refractivity contribution in [2.75, 3.05) is 0 Å². The molecule has 0 aliphatic heterocycles. The van der Waals surface area contributed by atoms with E-state index >= 15 is 0 Å². The molecule has 21 heavy (non-hydrogen) atoms. The van der Waals surface area contributed by atoms with E-state index in [2.05, 4.69) is 29.4 Å². The maximum atomic E-state index is 6.33. The maximum Gasteiger partial charge on any atom is 0.138 e. The number of halogens is 1. The molecule has 0 saturated heterocycles. The molecule has 2 aromatic rings. The molecule has 1 aromatic carbocycles. The third-order valence-electron chi connectivity index (χ3n) is 3.35. The van der Waals surface area contributed by atoms with Gasteiger partial charge in [-0.15, -0.1) is 0 Å². The van der Waals surface area contributed by atoms with Crippen LogP contribution in [0.25, 0.3) is 0 Å². The van der Waals surface area contributed by atoms with Gasteiger partial charge in [0.1, 0.15) is 12.2 Å². The Morgan fingerprint density at radius 3 is 2.76 bits per heavy atom. The first-order valence-electron chi connectivity index (χ1n) is 7.10. The average molecular weight is 308 g/mol. The number of aromatic nitrogens is 3. The molecule has 0 saturated carbocycles. The molecule has 5 nitrogen and oxygen atoms in total. The average Bonchev–Trinajstić information content (AvgIpc) is 2.83. The highest BCUT2D eigenvalue weighted by Crippen LogP contribution is 2.26. The molecule has 0 radical (unpaired) electrons. The molecule has 0 aliphatic rings. The van der Waals surface area contributed by atoms with Gasteiger partial charge in [-0.05, 0) is 30.0 Å². The largest absolute Gasteiger partial charge is 0.271 e. The summed E-state index contributed by atoms with van der Waals surface area (Å²) in [5, 5.41) is 4.99. The zero-order chi connectivity index (χ0) is 15.4. The summed E-state index contributed by atoms with van der Waals surface area (Å²) in [7, 11) is 0. The van der Waals surface area contributed by atoms with Gasteiger partial charge in [0.2, 0.25) is 0 Å². The highest BCUT2D eigenvalue weighted by atomic mass is 35.5. The van der Waals surface area contributed by atoms with E-state index < -0.39 is 0 Å². The standard InChI is InChI=1S/C15H22ClN5/c1-10(2)8-21-15(18-9-19-21)7-14(20-17)12-5-4-11(3)6-13(12)16/h4-6,9-10,14,20H,7-8,17H2,1-3H3. The van der Waals surface area contributed by atoms with Crippen molar-refractivity contribution in [1.82, 2.24) is 20.2 Å². The van der Waals surface area contributed by atoms with E-state index in [0.717, 1.165) is 23.5 Å². The normalized spacial score (nSPS) is 12.9.